The number of rotatable bonds is 1. The molecule has 2 atom stereocenters. The van der Waals surface area contributed by atoms with Crippen LogP contribution >= 0.6 is 15.9 Å². The SMILES string of the molecule is CC1CC(C)(CBr)CN1C(=O)OC(C)(C)C. The zero-order chi connectivity index (χ0) is 12.6. The van der Waals surface area contributed by atoms with Gasteiger partial charge in [-0.25, -0.2) is 4.79 Å². The second-order valence-corrected chi connectivity index (χ2v) is 6.67. The molecule has 0 saturated carbocycles. The van der Waals surface area contributed by atoms with Crippen molar-refractivity contribution in [3.05, 3.63) is 0 Å². The Kier molecular flexibility index (Phi) is 3.93. The van der Waals surface area contributed by atoms with Crippen LogP contribution in [0.1, 0.15) is 41.0 Å². The third-order valence-electron chi connectivity index (χ3n) is 2.82. The van der Waals surface area contributed by atoms with Crippen LogP contribution in [0.2, 0.25) is 0 Å². The minimum absolute atomic E-state index is 0.177. The molecule has 0 radical (unpaired) electrons. The molecule has 16 heavy (non-hydrogen) atoms. The molecule has 0 aromatic rings. The van der Waals surface area contributed by atoms with Gasteiger partial charge in [0.25, 0.3) is 0 Å². The molecule has 4 heteroatoms. The van der Waals surface area contributed by atoms with E-state index in [1.54, 1.807) is 0 Å². The first-order valence-corrected chi connectivity index (χ1v) is 6.85. The Morgan fingerprint density at radius 2 is 2.12 bits per heavy atom. The summed E-state index contributed by atoms with van der Waals surface area (Å²) < 4.78 is 5.40. The molecule has 1 aliphatic rings. The Morgan fingerprint density at radius 1 is 1.56 bits per heavy atom. The Balaban J connectivity index is 2.65. The van der Waals surface area contributed by atoms with E-state index in [4.69, 9.17) is 4.74 Å². The lowest BCUT2D eigenvalue weighted by molar-refractivity contribution is 0.0227. The van der Waals surface area contributed by atoms with Crippen molar-refractivity contribution in [3.8, 4) is 0 Å². The Hall–Kier alpha value is -0.250. The number of alkyl halides is 1. The van der Waals surface area contributed by atoms with E-state index in [0.717, 1.165) is 18.3 Å². The van der Waals surface area contributed by atoms with E-state index in [2.05, 4.69) is 29.8 Å². The summed E-state index contributed by atoms with van der Waals surface area (Å²) in [5.74, 6) is 0. The van der Waals surface area contributed by atoms with Gasteiger partial charge in [0.1, 0.15) is 5.60 Å². The average Bonchev–Trinajstić information content (AvgIpc) is 2.40. The summed E-state index contributed by atoms with van der Waals surface area (Å²) in [4.78, 5) is 13.8. The normalized spacial score (nSPS) is 30.6. The summed E-state index contributed by atoms with van der Waals surface area (Å²) in [6, 6.07) is 0.261. The number of nitrogens with zero attached hydrogens (tertiary/aromatic N) is 1. The topological polar surface area (TPSA) is 29.5 Å². The number of carbonyl (C=O) groups is 1. The summed E-state index contributed by atoms with van der Waals surface area (Å²) in [5, 5.41) is 0.920. The van der Waals surface area contributed by atoms with E-state index in [0.29, 0.717) is 0 Å². The molecule has 0 aromatic heterocycles. The molecule has 1 aliphatic heterocycles. The van der Waals surface area contributed by atoms with Crippen LogP contribution in [0, 0.1) is 5.41 Å². The highest BCUT2D eigenvalue weighted by Gasteiger charge is 2.41. The Labute approximate surface area is 107 Å². The third-order valence-corrected chi connectivity index (χ3v) is 4.18. The maximum atomic E-state index is 12.0. The van der Waals surface area contributed by atoms with Crippen LogP contribution in [0.15, 0.2) is 0 Å². The zero-order valence-electron chi connectivity index (χ0n) is 10.8. The average molecular weight is 292 g/mol. The summed E-state index contributed by atoms with van der Waals surface area (Å²) in [7, 11) is 0. The smallest absolute Gasteiger partial charge is 0.410 e. The first-order valence-electron chi connectivity index (χ1n) is 5.72. The van der Waals surface area contributed by atoms with Crippen LogP contribution in [0.5, 0.6) is 0 Å². The van der Waals surface area contributed by atoms with E-state index in [1.165, 1.54) is 0 Å². The van der Waals surface area contributed by atoms with Crippen LogP contribution < -0.4 is 0 Å². The van der Waals surface area contributed by atoms with Crippen LogP contribution in [-0.4, -0.2) is 34.5 Å². The lowest BCUT2D eigenvalue weighted by Gasteiger charge is -2.27. The van der Waals surface area contributed by atoms with Crippen LogP contribution in [-0.2, 0) is 4.74 Å². The van der Waals surface area contributed by atoms with Crippen molar-refractivity contribution in [2.45, 2.75) is 52.7 Å². The van der Waals surface area contributed by atoms with Crippen molar-refractivity contribution < 1.29 is 9.53 Å². The monoisotopic (exact) mass is 291 g/mol. The summed E-state index contributed by atoms with van der Waals surface area (Å²) in [5.41, 5.74) is -0.236. The molecule has 0 bridgehead atoms. The number of ether oxygens (including phenoxy) is 1. The van der Waals surface area contributed by atoms with Gasteiger partial charge in [0.2, 0.25) is 0 Å². The van der Waals surface area contributed by atoms with Crippen molar-refractivity contribution >= 4 is 22.0 Å². The van der Waals surface area contributed by atoms with E-state index in [1.807, 2.05) is 25.7 Å². The molecular formula is C12H22BrNO2. The van der Waals surface area contributed by atoms with Gasteiger partial charge >= 0.3 is 6.09 Å². The van der Waals surface area contributed by atoms with Gasteiger partial charge in [0, 0.05) is 17.9 Å². The van der Waals surface area contributed by atoms with Gasteiger partial charge in [-0.3, -0.25) is 0 Å². The summed E-state index contributed by atoms with van der Waals surface area (Å²) in [6.07, 6.45) is 0.835. The third kappa shape index (κ3) is 3.37. The van der Waals surface area contributed by atoms with Crippen molar-refractivity contribution in [1.82, 2.24) is 4.90 Å². The van der Waals surface area contributed by atoms with Crippen molar-refractivity contribution in [2.75, 3.05) is 11.9 Å². The fraction of sp³-hybridized carbons (Fsp3) is 0.917. The van der Waals surface area contributed by atoms with Crippen LogP contribution in [0.25, 0.3) is 0 Å². The van der Waals surface area contributed by atoms with E-state index < -0.39 is 5.60 Å². The Morgan fingerprint density at radius 3 is 2.50 bits per heavy atom. The standard InChI is InChI=1S/C12H22BrNO2/c1-9-6-12(5,7-13)8-14(9)10(15)16-11(2,3)4/h9H,6-8H2,1-5H3. The second-order valence-electron chi connectivity index (χ2n) is 6.11. The summed E-state index contributed by atoms with van der Waals surface area (Å²) >= 11 is 3.52. The molecule has 0 aromatic carbocycles. The van der Waals surface area contributed by atoms with Gasteiger partial charge in [-0.2, -0.15) is 0 Å². The first kappa shape index (κ1) is 13.8. The minimum atomic E-state index is -0.413. The van der Waals surface area contributed by atoms with E-state index in [-0.39, 0.29) is 17.6 Å². The number of halogens is 1. The highest BCUT2D eigenvalue weighted by atomic mass is 79.9. The van der Waals surface area contributed by atoms with Crippen molar-refractivity contribution in [1.29, 1.82) is 0 Å². The van der Waals surface area contributed by atoms with Gasteiger partial charge < -0.3 is 9.64 Å². The largest absolute Gasteiger partial charge is 0.444 e. The highest BCUT2D eigenvalue weighted by Crippen LogP contribution is 2.36. The van der Waals surface area contributed by atoms with Gasteiger partial charge in [-0.1, -0.05) is 22.9 Å². The van der Waals surface area contributed by atoms with Gasteiger partial charge in [0.05, 0.1) is 0 Å². The quantitative estimate of drug-likeness (QED) is 0.693. The predicted molar refractivity (Wildman–Crippen MR) is 68.9 cm³/mol. The van der Waals surface area contributed by atoms with E-state index in [9.17, 15) is 4.79 Å². The van der Waals surface area contributed by atoms with Gasteiger partial charge in [0.15, 0.2) is 0 Å². The fourth-order valence-corrected chi connectivity index (χ4v) is 2.52. The molecular weight excluding hydrogens is 270 g/mol. The molecule has 1 heterocycles. The zero-order valence-corrected chi connectivity index (χ0v) is 12.4. The van der Waals surface area contributed by atoms with Gasteiger partial charge in [-0.15, -0.1) is 0 Å². The maximum absolute atomic E-state index is 12.0. The molecule has 0 spiro atoms. The molecule has 1 fully saturated rings. The fourth-order valence-electron chi connectivity index (χ4n) is 2.12. The molecule has 1 saturated heterocycles. The van der Waals surface area contributed by atoms with Crippen LogP contribution in [0.4, 0.5) is 4.79 Å². The molecule has 94 valence electrons. The predicted octanol–water partition coefficient (Wildman–Crippen LogP) is 3.42. The number of hydrogen-bond acceptors (Lipinski definition) is 2. The lowest BCUT2D eigenvalue weighted by atomic mass is 9.91. The van der Waals surface area contributed by atoms with Crippen LogP contribution in [0.3, 0.4) is 0 Å². The molecule has 3 nitrogen and oxygen atoms in total. The molecule has 2 unspecified atom stereocenters. The van der Waals surface area contributed by atoms with Crippen molar-refractivity contribution in [3.63, 3.8) is 0 Å². The molecule has 1 amide bonds. The van der Waals surface area contributed by atoms with Gasteiger partial charge in [-0.05, 0) is 39.5 Å². The lowest BCUT2D eigenvalue weighted by Crippen LogP contribution is -2.39. The maximum Gasteiger partial charge on any atom is 0.410 e. The molecule has 0 aliphatic carbocycles. The number of amides is 1. The minimum Gasteiger partial charge on any atom is -0.444 e. The summed E-state index contributed by atoms with van der Waals surface area (Å²) in [6.45, 7) is 10.7. The number of carbonyl (C=O) groups excluding carboxylic acids is 1. The number of likely N-dealkylation sites (tertiary alicyclic amines) is 1. The van der Waals surface area contributed by atoms with Crippen molar-refractivity contribution in [2.24, 2.45) is 5.41 Å². The Bertz CT molecular complexity index is 275. The number of hydrogen-bond donors (Lipinski definition) is 0. The first-order chi connectivity index (χ1) is 7.17. The van der Waals surface area contributed by atoms with E-state index >= 15 is 0 Å². The molecule has 0 N–H and O–H groups in total. The molecule has 1 rings (SSSR count). The highest BCUT2D eigenvalue weighted by molar-refractivity contribution is 9.09. The second kappa shape index (κ2) is 4.55.